The number of hydrogen-bond donors (Lipinski definition) is 0. The Bertz CT molecular complexity index is 683. The van der Waals surface area contributed by atoms with Crippen LogP contribution in [0.5, 0.6) is 5.75 Å². The van der Waals surface area contributed by atoms with Gasteiger partial charge in [0.1, 0.15) is 18.4 Å². The summed E-state index contributed by atoms with van der Waals surface area (Å²) in [4.78, 5) is 25.8. The van der Waals surface area contributed by atoms with E-state index in [0.717, 1.165) is 30.5 Å². The number of hydrogen-bond acceptors (Lipinski definition) is 6. The zero-order valence-electron chi connectivity index (χ0n) is 15.3. The molecule has 0 aliphatic carbocycles. The molecule has 1 saturated heterocycles. The van der Waals surface area contributed by atoms with Gasteiger partial charge >= 0.3 is 12.1 Å². The SMILES string of the molecule is C=CCOC(=O)Oc1ccccc1/C(C)=C/N1CCC[C@H]1C(=O)OCC. The van der Waals surface area contributed by atoms with Gasteiger partial charge in [0.05, 0.1) is 6.61 Å². The molecule has 26 heavy (non-hydrogen) atoms. The average molecular weight is 359 g/mol. The van der Waals surface area contributed by atoms with Gasteiger partial charge in [-0.25, -0.2) is 9.59 Å². The van der Waals surface area contributed by atoms with Crippen molar-refractivity contribution in [3.63, 3.8) is 0 Å². The summed E-state index contributed by atoms with van der Waals surface area (Å²) < 4.78 is 15.3. The molecule has 0 spiro atoms. The first kappa shape index (κ1) is 19.6. The van der Waals surface area contributed by atoms with Gasteiger partial charge in [-0.15, -0.1) is 0 Å². The number of esters is 1. The number of nitrogens with zero attached hydrogens (tertiary/aromatic N) is 1. The van der Waals surface area contributed by atoms with Gasteiger partial charge in [0.15, 0.2) is 0 Å². The Hall–Kier alpha value is -2.76. The lowest BCUT2D eigenvalue weighted by Crippen LogP contribution is -2.33. The molecule has 0 amide bonds. The maximum atomic E-state index is 12.1. The van der Waals surface area contributed by atoms with E-state index in [1.54, 1.807) is 19.1 Å². The molecule has 0 unspecified atom stereocenters. The lowest BCUT2D eigenvalue weighted by molar-refractivity contribution is -0.147. The van der Waals surface area contributed by atoms with E-state index >= 15 is 0 Å². The van der Waals surface area contributed by atoms with E-state index in [2.05, 4.69) is 6.58 Å². The van der Waals surface area contributed by atoms with Gasteiger partial charge in [0, 0.05) is 18.3 Å². The first-order chi connectivity index (χ1) is 12.6. The van der Waals surface area contributed by atoms with Crippen LogP contribution in [0.4, 0.5) is 4.79 Å². The maximum Gasteiger partial charge on any atom is 0.514 e. The molecule has 0 radical (unpaired) electrons. The lowest BCUT2D eigenvalue weighted by atomic mass is 10.1. The van der Waals surface area contributed by atoms with Crippen molar-refractivity contribution in [2.24, 2.45) is 0 Å². The Labute approximate surface area is 154 Å². The number of rotatable bonds is 7. The highest BCUT2D eigenvalue weighted by atomic mass is 16.7. The van der Waals surface area contributed by atoms with Crippen molar-refractivity contribution in [3.8, 4) is 5.75 Å². The Kier molecular flexibility index (Phi) is 7.26. The standard InChI is InChI=1S/C20H25NO5/c1-4-13-25-20(23)26-18-11-7-6-9-16(18)15(3)14-21-12-8-10-17(21)19(22)24-5-2/h4,6-7,9,11,14,17H,1,5,8,10,12-13H2,2-3H3/b15-14+/t17-/m0/s1. The molecule has 0 saturated carbocycles. The second-order valence-corrected chi connectivity index (χ2v) is 5.91. The van der Waals surface area contributed by atoms with Crippen LogP contribution in [0.1, 0.15) is 32.3 Å². The van der Waals surface area contributed by atoms with E-state index in [9.17, 15) is 9.59 Å². The van der Waals surface area contributed by atoms with Gasteiger partial charge in [-0.1, -0.05) is 30.9 Å². The van der Waals surface area contributed by atoms with E-state index in [4.69, 9.17) is 14.2 Å². The van der Waals surface area contributed by atoms with Crippen LogP contribution in [0.25, 0.3) is 5.57 Å². The van der Waals surface area contributed by atoms with Crippen LogP contribution >= 0.6 is 0 Å². The highest BCUT2D eigenvalue weighted by Gasteiger charge is 2.30. The summed E-state index contributed by atoms with van der Waals surface area (Å²) in [5.74, 6) is 0.203. The van der Waals surface area contributed by atoms with Crippen molar-refractivity contribution in [2.75, 3.05) is 19.8 Å². The minimum absolute atomic E-state index is 0.0881. The molecule has 140 valence electrons. The highest BCUT2D eigenvalue weighted by Crippen LogP contribution is 2.28. The molecule has 1 aliphatic rings. The van der Waals surface area contributed by atoms with Crippen LogP contribution in [-0.2, 0) is 14.3 Å². The lowest BCUT2D eigenvalue weighted by Gasteiger charge is -2.22. The molecular formula is C20H25NO5. The third-order valence-corrected chi connectivity index (χ3v) is 4.04. The summed E-state index contributed by atoms with van der Waals surface area (Å²) in [6.45, 7) is 8.45. The Morgan fingerprint density at radius 3 is 2.81 bits per heavy atom. The summed E-state index contributed by atoms with van der Waals surface area (Å²) in [6.07, 6.45) is 4.32. The molecule has 0 aromatic heterocycles. The molecule has 0 N–H and O–H groups in total. The zero-order valence-corrected chi connectivity index (χ0v) is 15.3. The van der Waals surface area contributed by atoms with Gasteiger partial charge in [-0.05, 0) is 38.3 Å². The van der Waals surface area contributed by atoms with E-state index in [1.807, 2.05) is 30.2 Å². The number of ether oxygens (including phenoxy) is 3. The molecular weight excluding hydrogens is 334 g/mol. The van der Waals surface area contributed by atoms with Crippen LogP contribution in [0.2, 0.25) is 0 Å². The average Bonchev–Trinajstić information content (AvgIpc) is 3.08. The molecule has 1 aromatic rings. The van der Waals surface area contributed by atoms with Crippen LogP contribution < -0.4 is 4.74 Å². The molecule has 6 heteroatoms. The smallest absolute Gasteiger partial charge is 0.464 e. The van der Waals surface area contributed by atoms with Crippen molar-refractivity contribution < 1.29 is 23.8 Å². The van der Waals surface area contributed by atoms with Crippen LogP contribution in [-0.4, -0.2) is 42.8 Å². The number of para-hydroxylation sites is 1. The minimum Gasteiger partial charge on any atom is -0.464 e. The van der Waals surface area contributed by atoms with Gasteiger partial charge in [-0.3, -0.25) is 0 Å². The first-order valence-corrected chi connectivity index (χ1v) is 8.72. The van der Waals surface area contributed by atoms with Gasteiger partial charge in [-0.2, -0.15) is 0 Å². The zero-order chi connectivity index (χ0) is 18.9. The second-order valence-electron chi connectivity index (χ2n) is 5.91. The quantitative estimate of drug-likeness (QED) is 0.419. The Morgan fingerprint density at radius 1 is 1.31 bits per heavy atom. The third kappa shape index (κ3) is 5.12. The molecule has 1 fully saturated rings. The third-order valence-electron chi connectivity index (χ3n) is 4.04. The summed E-state index contributed by atoms with van der Waals surface area (Å²) in [7, 11) is 0. The molecule has 2 rings (SSSR count). The molecule has 1 aromatic carbocycles. The summed E-state index contributed by atoms with van der Waals surface area (Å²) in [5, 5.41) is 0. The van der Waals surface area contributed by atoms with E-state index < -0.39 is 6.16 Å². The van der Waals surface area contributed by atoms with Crippen molar-refractivity contribution in [1.29, 1.82) is 0 Å². The molecule has 1 heterocycles. The van der Waals surface area contributed by atoms with E-state index in [0.29, 0.717) is 12.4 Å². The Balaban J connectivity index is 2.16. The molecule has 1 aliphatic heterocycles. The largest absolute Gasteiger partial charge is 0.514 e. The normalized spacial score (nSPS) is 16.9. The van der Waals surface area contributed by atoms with Crippen molar-refractivity contribution in [1.82, 2.24) is 4.90 Å². The van der Waals surface area contributed by atoms with Gasteiger partial charge in [0.25, 0.3) is 0 Å². The fraction of sp³-hybridized carbons (Fsp3) is 0.400. The summed E-state index contributed by atoms with van der Waals surface area (Å²) >= 11 is 0. The minimum atomic E-state index is -0.782. The number of carbonyl (C=O) groups excluding carboxylic acids is 2. The van der Waals surface area contributed by atoms with E-state index in [1.165, 1.54) is 6.08 Å². The van der Waals surface area contributed by atoms with Gasteiger partial charge in [0.2, 0.25) is 0 Å². The number of likely N-dealkylation sites (tertiary alicyclic amines) is 1. The van der Waals surface area contributed by atoms with Gasteiger partial charge < -0.3 is 19.1 Å². The number of benzene rings is 1. The predicted molar refractivity (Wildman–Crippen MR) is 98.6 cm³/mol. The summed E-state index contributed by atoms with van der Waals surface area (Å²) in [5.41, 5.74) is 1.64. The van der Waals surface area contributed by atoms with Crippen LogP contribution in [0.15, 0.2) is 43.1 Å². The fourth-order valence-electron chi connectivity index (χ4n) is 2.88. The van der Waals surface area contributed by atoms with Crippen LogP contribution in [0.3, 0.4) is 0 Å². The predicted octanol–water partition coefficient (Wildman–Crippen LogP) is 3.78. The molecule has 1 atom stereocenters. The fourth-order valence-corrected chi connectivity index (χ4v) is 2.88. The summed E-state index contributed by atoms with van der Waals surface area (Å²) in [6, 6.07) is 6.94. The van der Waals surface area contributed by atoms with Crippen molar-refractivity contribution >= 4 is 17.7 Å². The van der Waals surface area contributed by atoms with E-state index in [-0.39, 0.29) is 18.6 Å². The molecule has 0 bridgehead atoms. The number of carbonyl (C=O) groups is 2. The van der Waals surface area contributed by atoms with Crippen molar-refractivity contribution in [3.05, 3.63) is 48.7 Å². The number of allylic oxidation sites excluding steroid dienone is 1. The maximum absolute atomic E-state index is 12.1. The highest BCUT2D eigenvalue weighted by molar-refractivity contribution is 5.77. The first-order valence-electron chi connectivity index (χ1n) is 8.72. The second kappa shape index (κ2) is 9.65. The molecule has 6 nitrogen and oxygen atoms in total. The topological polar surface area (TPSA) is 65.1 Å². The van der Waals surface area contributed by atoms with Crippen molar-refractivity contribution in [2.45, 2.75) is 32.7 Å². The Morgan fingerprint density at radius 2 is 2.08 bits per heavy atom. The monoisotopic (exact) mass is 359 g/mol. The van der Waals surface area contributed by atoms with Crippen LogP contribution in [0, 0.1) is 0 Å².